The van der Waals surface area contributed by atoms with Crippen LogP contribution in [0.3, 0.4) is 0 Å². The molecule has 0 saturated carbocycles. The fourth-order valence-electron chi connectivity index (χ4n) is 3.99. The number of imide groups is 2. The van der Waals surface area contributed by atoms with Gasteiger partial charge in [-0.05, 0) is 63.4 Å². The molecule has 176 valence electrons. The zero-order valence-electron chi connectivity index (χ0n) is 19.3. The van der Waals surface area contributed by atoms with E-state index < -0.39 is 23.8 Å². The van der Waals surface area contributed by atoms with E-state index in [9.17, 15) is 24.0 Å². The molecule has 0 spiro atoms. The molecule has 1 saturated heterocycles. The minimum atomic E-state index is -0.924. The summed E-state index contributed by atoms with van der Waals surface area (Å²) in [6.45, 7) is 8.59. The highest BCUT2D eigenvalue weighted by Crippen LogP contribution is 2.30. The largest absolute Gasteiger partial charge is 0.460 e. The summed E-state index contributed by atoms with van der Waals surface area (Å²) in [5.41, 5.74) is 2.37. The van der Waals surface area contributed by atoms with Gasteiger partial charge in [-0.25, -0.2) is 0 Å². The van der Waals surface area contributed by atoms with Gasteiger partial charge in [0.1, 0.15) is 11.6 Å². The molecular weight excluding hydrogens is 426 g/mol. The van der Waals surface area contributed by atoms with Crippen molar-refractivity contribution in [3.63, 3.8) is 0 Å². The summed E-state index contributed by atoms with van der Waals surface area (Å²) >= 11 is 0. The zero-order chi connectivity index (χ0) is 24.3. The number of carbonyl (C=O) groups is 5. The molecule has 0 bridgehead atoms. The number of amides is 4. The van der Waals surface area contributed by atoms with Crippen LogP contribution in [0.25, 0.3) is 5.57 Å². The standard InChI is InChI=1S/C18H17N3O4.C6H12O2/c22-15-4-3-14(16(23)20-15)21-17(24)12-2-1-11(9-13(12)18(21)25)10-5-7-19-8-6-10;1-5(7)8-6(2,3)4/h1-2,5,9,14,19H,3-4,6-8H2,(H,20,22,23);1-4H3. The van der Waals surface area contributed by atoms with Crippen molar-refractivity contribution in [1.82, 2.24) is 15.5 Å². The summed E-state index contributed by atoms with van der Waals surface area (Å²) in [5, 5.41) is 5.43. The Morgan fingerprint density at radius 3 is 2.30 bits per heavy atom. The molecule has 1 aromatic carbocycles. The fraction of sp³-hybridized carbons (Fsp3) is 0.458. The molecule has 4 rings (SSSR count). The Morgan fingerprint density at radius 2 is 1.76 bits per heavy atom. The molecule has 2 N–H and O–H groups in total. The first-order valence-corrected chi connectivity index (χ1v) is 10.9. The van der Waals surface area contributed by atoms with E-state index in [1.165, 1.54) is 6.92 Å². The first-order chi connectivity index (χ1) is 15.5. The maximum Gasteiger partial charge on any atom is 0.303 e. The summed E-state index contributed by atoms with van der Waals surface area (Å²) in [7, 11) is 0. The van der Waals surface area contributed by atoms with Crippen molar-refractivity contribution in [2.24, 2.45) is 0 Å². The van der Waals surface area contributed by atoms with Gasteiger partial charge in [-0.1, -0.05) is 12.1 Å². The molecular formula is C24H29N3O6. The Morgan fingerprint density at radius 1 is 1.06 bits per heavy atom. The van der Waals surface area contributed by atoms with E-state index in [4.69, 9.17) is 4.74 Å². The third-order valence-electron chi connectivity index (χ3n) is 5.32. The lowest BCUT2D eigenvalue weighted by Gasteiger charge is -2.27. The monoisotopic (exact) mass is 455 g/mol. The van der Waals surface area contributed by atoms with Gasteiger partial charge < -0.3 is 10.1 Å². The molecule has 3 heterocycles. The third-order valence-corrected chi connectivity index (χ3v) is 5.32. The van der Waals surface area contributed by atoms with Crippen LogP contribution in [0.4, 0.5) is 0 Å². The van der Waals surface area contributed by atoms with Crippen molar-refractivity contribution in [3.05, 3.63) is 41.0 Å². The highest BCUT2D eigenvalue weighted by atomic mass is 16.6. The quantitative estimate of drug-likeness (QED) is 0.515. The SMILES string of the molecule is CC(=O)OC(C)(C)C.O=C1CCC(N2C(=O)c3ccc(C4=CCNCC4)cc3C2=O)C(=O)N1. The van der Waals surface area contributed by atoms with Gasteiger partial charge in [0.25, 0.3) is 11.8 Å². The lowest BCUT2D eigenvalue weighted by molar-refractivity contribution is -0.152. The van der Waals surface area contributed by atoms with Gasteiger partial charge in [0.15, 0.2) is 0 Å². The Balaban J connectivity index is 0.000000331. The van der Waals surface area contributed by atoms with E-state index >= 15 is 0 Å². The van der Waals surface area contributed by atoms with Gasteiger partial charge in [0.05, 0.1) is 11.1 Å². The number of piperidine rings is 1. The predicted octanol–water partition coefficient (Wildman–Crippen LogP) is 1.81. The van der Waals surface area contributed by atoms with Crippen molar-refractivity contribution >= 4 is 35.2 Å². The van der Waals surface area contributed by atoms with Crippen molar-refractivity contribution in [1.29, 1.82) is 0 Å². The highest BCUT2D eigenvalue weighted by Gasteiger charge is 2.44. The lowest BCUT2D eigenvalue weighted by Crippen LogP contribution is -2.54. The van der Waals surface area contributed by atoms with Crippen molar-refractivity contribution in [2.45, 2.75) is 58.6 Å². The van der Waals surface area contributed by atoms with Gasteiger partial charge >= 0.3 is 5.97 Å². The maximum absolute atomic E-state index is 12.8. The number of benzene rings is 1. The highest BCUT2D eigenvalue weighted by molar-refractivity contribution is 6.23. The summed E-state index contributed by atoms with van der Waals surface area (Å²) in [4.78, 5) is 60.0. The number of nitrogens with zero attached hydrogens (tertiary/aromatic N) is 1. The third kappa shape index (κ3) is 5.73. The van der Waals surface area contributed by atoms with Crippen LogP contribution in [-0.2, 0) is 19.1 Å². The van der Waals surface area contributed by atoms with E-state index in [-0.39, 0.29) is 30.3 Å². The van der Waals surface area contributed by atoms with Gasteiger partial charge in [-0.3, -0.25) is 34.2 Å². The normalized spacial score (nSPS) is 20.4. The van der Waals surface area contributed by atoms with Crippen LogP contribution in [0.5, 0.6) is 0 Å². The summed E-state index contributed by atoms with van der Waals surface area (Å²) in [5.74, 6) is -2.13. The minimum Gasteiger partial charge on any atom is -0.460 e. The molecule has 1 unspecified atom stereocenters. The molecule has 3 aliphatic heterocycles. The molecule has 1 fully saturated rings. The van der Waals surface area contributed by atoms with Gasteiger partial charge in [-0.15, -0.1) is 0 Å². The zero-order valence-corrected chi connectivity index (χ0v) is 19.3. The van der Waals surface area contributed by atoms with Crippen LogP contribution >= 0.6 is 0 Å². The van der Waals surface area contributed by atoms with Crippen LogP contribution in [0.1, 0.15) is 73.2 Å². The van der Waals surface area contributed by atoms with Crippen LogP contribution in [0.2, 0.25) is 0 Å². The molecule has 33 heavy (non-hydrogen) atoms. The Kier molecular flexibility index (Phi) is 7.12. The number of esters is 1. The average molecular weight is 456 g/mol. The van der Waals surface area contributed by atoms with Crippen LogP contribution in [0.15, 0.2) is 24.3 Å². The average Bonchev–Trinajstić information content (AvgIpc) is 2.97. The lowest BCUT2D eigenvalue weighted by atomic mass is 9.96. The number of nitrogens with one attached hydrogen (secondary N) is 2. The molecule has 3 aliphatic rings. The molecule has 9 heteroatoms. The topological polar surface area (TPSA) is 122 Å². The Labute approximate surface area is 192 Å². The smallest absolute Gasteiger partial charge is 0.303 e. The number of rotatable bonds is 2. The van der Waals surface area contributed by atoms with E-state index in [0.29, 0.717) is 11.1 Å². The first kappa shape index (κ1) is 24.3. The summed E-state index contributed by atoms with van der Waals surface area (Å²) in [6.07, 6.45) is 3.22. The van der Waals surface area contributed by atoms with E-state index in [2.05, 4.69) is 16.7 Å². The van der Waals surface area contributed by atoms with Gasteiger partial charge in [0, 0.05) is 19.9 Å². The Bertz CT molecular complexity index is 1040. The number of fused-ring (bicyclic) bond motifs is 1. The minimum absolute atomic E-state index is 0.120. The van der Waals surface area contributed by atoms with Crippen LogP contribution in [0, 0.1) is 0 Å². The molecule has 0 aliphatic carbocycles. The number of ether oxygens (including phenoxy) is 1. The second-order valence-electron chi connectivity index (χ2n) is 9.10. The van der Waals surface area contributed by atoms with E-state index in [1.54, 1.807) is 12.1 Å². The van der Waals surface area contributed by atoms with Crippen molar-refractivity contribution in [2.75, 3.05) is 13.1 Å². The number of hydrogen-bond donors (Lipinski definition) is 2. The number of carbonyl (C=O) groups excluding carboxylic acids is 5. The maximum atomic E-state index is 12.8. The Hall–Kier alpha value is -3.33. The van der Waals surface area contributed by atoms with Crippen LogP contribution < -0.4 is 10.6 Å². The van der Waals surface area contributed by atoms with Crippen molar-refractivity contribution < 1.29 is 28.7 Å². The van der Waals surface area contributed by atoms with Crippen molar-refractivity contribution in [3.8, 4) is 0 Å². The molecule has 0 radical (unpaired) electrons. The summed E-state index contributed by atoms with van der Waals surface area (Å²) in [6, 6.07) is 4.31. The fourth-order valence-corrected chi connectivity index (χ4v) is 3.99. The number of hydrogen-bond acceptors (Lipinski definition) is 7. The van der Waals surface area contributed by atoms with Crippen LogP contribution in [-0.4, -0.2) is 59.2 Å². The molecule has 9 nitrogen and oxygen atoms in total. The molecule has 0 aromatic heterocycles. The predicted molar refractivity (Wildman–Crippen MR) is 120 cm³/mol. The second-order valence-corrected chi connectivity index (χ2v) is 9.10. The summed E-state index contributed by atoms with van der Waals surface area (Å²) < 4.78 is 4.80. The molecule has 4 amide bonds. The van der Waals surface area contributed by atoms with E-state index in [1.807, 2.05) is 26.8 Å². The molecule has 1 aromatic rings. The molecule has 1 atom stereocenters. The first-order valence-electron chi connectivity index (χ1n) is 10.9. The van der Waals surface area contributed by atoms with Gasteiger partial charge in [0.2, 0.25) is 11.8 Å². The van der Waals surface area contributed by atoms with Gasteiger partial charge in [-0.2, -0.15) is 0 Å². The van der Waals surface area contributed by atoms with E-state index in [0.717, 1.165) is 35.5 Å². The second kappa shape index (κ2) is 9.66.